The number of hydrogen-bond donors (Lipinski definition) is 2. The molecule has 1 saturated carbocycles. The molecule has 0 aliphatic heterocycles. The zero-order chi connectivity index (χ0) is 15.4. The van der Waals surface area contributed by atoms with Gasteiger partial charge in [-0.15, -0.1) is 0 Å². The Balaban J connectivity index is 2.10. The Morgan fingerprint density at radius 2 is 1.81 bits per heavy atom. The molecule has 1 amide bonds. The van der Waals surface area contributed by atoms with Gasteiger partial charge in [-0.3, -0.25) is 4.79 Å². The maximum atomic E-state index is 12.2. The second-order valence-electron chi connectivity index (χ2n) is 5.32. The van der Waals surface area contributed by atoms with Crippen molar-refractivity contribution in [3.8, 4) is 0 Å². The van der Waals surface area contributed by atoms with Gasteiger partial charge >= 0.3 is 5.97 Å². The summed E-state index contributed by atoms with van der Waals surface area (Å²) < 4.78 is 0. The van der Waals surface area contributed by atoms with Crippen LogP contribution < -0.4 is 5.32 Å². The van der Waals surface area contributed by atoms with Crippen LogP contribution in [0.4, 0.5) is 0 Å². The molecule has 2 rings (SSSR count). The van der Waals surface area contributed by atoms with Crippen LogP contribution >= 0.6 is 23.2 Å². The highest BCUT2D eigenvalue weighted by Gasteiger charge is 2.30. The topological polar surface area (TPSA) is 66.4 Å². The van der Waals surface area contributed by atoms with Gasteiger partial charge in [0.05, 0.1) is 10.0 Å². The molecule has 0 unspecified atom stereocenters. The molecule has 1 aromatic carbocycles. The summed E-state index contributed by atoms with van der Waals surface area (Å²) in [6.45, 7) is 0. The molecule has 114 valence electrons. The molecule has 4 nitrogen and oxygen atoms in total. The van der Waals surface area contributed by atoms with Crippen molar-refractivity contribution in [3.05, 3.63) is 33.8 Å². The fourth-order valence-electron chi connectivity index (χ4n) is 2.71. The summed E-state index contributed by atoms with van der Waals surface area (Å²) >= 11 is 11.7. The maximum absolute atomic E-state index is 12.2. The van der Waals surface area contributed by atoms with Crippen molar-refractivity contribution < 1.29 is 14.7 Å². The molecule has 1 aromatic rings. The summed E-state index contributed by atoms with van der Waals surface area (Å²) in [6.07, 6.45) is 4.81. The summed E-state index contributed by atoms with van der Waals surface area (Å²) in [7, 11) is 0. The molecule has 1 atom stereocenters. The average Bonchev–Trinajstić information content (AvgIpc) is 2.48. The molecule has 0 aromatic heterocycles. The minimum absolute atomic E-state index is 0.0111. The van der Waals surface area contributed by atoms with Gasteiger partial charge in [0.1, 0.15) is 6.04 Å². The van der Waals surface area contributed by atoms with Gasteiger partial charge < -0.3 is 10.4 Å². The molecule has 1 aliphatic rings. The van der Waals surface area contributed by atoms with E-state index in [1.807, 2.05) is 0 Å². The Bertz CT molecular complexity index is 542. The third kappa shape index (κ3) is 4.11. The van der Waals surface area contributed by atoms with Crippen molar-refractivity contribution in [1.29, 1.82) is 0 Å². The predicted octanol–water partition coefficient (Wildman–Crippen LogP) is 3.76. The molecule has 0 radical (unpaired) electrons. The lowest BCUT2D eigenvalue weighted by molar-refractivity contribution is -0.141. The minimum atomic E-state index is -0.990. The summed E-state index contributed by atoms with van der Waals surface area (Å²) in [6, 6.07) is 3.64. The number of benzene rings is 1. The number of carbonyl (C=O) groups excluding carboxylic acids is 1. The highest BCUT2D eigenvalue weighted by Crippen LogP contribution is 2.27. The minimum Gasteiger partial charge on any atom is -0.480 e. The van der Waals surface area contributed by atoms with Gasteiger partial charge in [0, 0.05) is 5.56 Å². The van der Waals surface area contributed by atoms with Gasteiger partial charge in [-0.2, -0.15) is 0 Å². The summed E-state index contributed by atoms with van der Waals surface area (Å²) in [5.41, 5.74) is 0.312. The molecular formula is C15H17Cl2NO3. The SMILES string of the molecule is O=C(N[C@@H](C(=O)O)C1CCCCC1)c1ccc(Cl)c(Cl)c1. The first-order valence-electron chi connectivity index (χ1n) is 6.98. The van der Waals surface area contributed by atoms with E-state index in [0.717, 1.165) is 32.1 Å². The van der Waals surface area contributed by atoms with Gasteiger partial charge in [-0.1, -0.05) is 42.5 Å². The third-order valence-corrected chi connectivity index (χ3v) is 4.59. The van der Waals surface area contributed by atoms with Crippen LogP contribution in [0.25, 0.3) is 0 Å². The van der Waals surface area contributed by atoms with E-state index in [1.54, 1.807) is 0 Å². The molecular weight excluding hydrogens is 313 g/mol. The number of halogens is 2. The normalized spacial score (nSPS) is 17.2. The zero-order valence-corrected chi connectivity index (χ0v) is 13.0. The van der Waals surface area contributed by atoms with Gasteiger partial charge in [0.15, 0.2) is 0 Å². The average molecular weight is 330 g/mol. The van der Waals surface area contributed by atoms with Crippen molar-refractivity contribution >= 4 is 35.1 Å². The summed E-state index contributed by atoms with van der Waals surface area (Å²) in [5, 5.41) is 12.6. The van der Waals surface area contributed by atoms with Crippen LogP contribution in [0.15, 0.2) is 18.2 Å². The first-order chi connectivity index (χ1) is 9.99. The van der Waals surface area contributed by atoms with E-state index in [4.69, 9.17) is 23.2 Å². The number of carbonyl (C=O) groups is 2. The number of amides is 1. The fourth-order valence-corrected chi connectivity index (χ4v) is 3.01. The smallest absolute Gasteiger partial charge is 0.326 e. The van der Waals surface area contributed by atoms with E-state index < -0.39 is 17.9 Å². The molecule has 2 N–H and O–H groups in total. The molecule has 0 heterocycles. The Labute approximate surface area is 133 Å². The third-order valence-electron chi connectivity index (χ3n) is 3.86. The lowest BCUT2D eigenvalue weighted by atomic mass is 9.84. The lowest BCUT2D eigenvalue weighted by Gasteiger charge is -2.28. The number of carboxylic acids is 1. The monoisotopic (exact) mass is 329 g/mol. The van der Waals surface area contributed by atoms with Gasteiger partial charge in [0.25, 0.3) is 5.91 Å². The first-order valence-corrected chi connectivity index (χ1v) is 7.73. The van der Waals surface area contributed by atoms with Crippen LogP contribution in [-0.4, -0.2) is 23.0 Å². The van der Waals surface area contributed by atoms with E-state index >= 15 is 0 Å². The summed E-state index contributed by atoms with van der Waals surface area (Å²) in [5.74, 6) is -1.44. The Kier molecular flexibility index (Phi) is 5.48. The number of hydrogen-bond acceptors (Lipinski definition) is 2. The van der Waals surface area contributed by atoms with Crippen LogP contribution in [0.5, 0.6) is 0 Å². The number of carboxylic acid groups (broad SMARTS) is 1. The molecule has 0 spiro atoms. The van der Waals surface area contributed by atoms with Crippen molar-refractivity contribution in [2.24, 2.45) is 5.92 Å². The van der Waals surface area contributed by atoms with E-state index in [0.29, 0.717) is 10.6 Å². The number of rotatable bonds is 4. The van der Waals surface area contributed by atoms with Crippen LogP contribution in [0.1, 0.15) is 42.5 Å². The van der Waals surface area contributed by atoms with Crippen molar-refractivity contribution in [3.63, 3.8) is 0 Å². The van der Waals surface area contributed by atoms with Crippen LogP contribution in [-0.2, 0) is 4.79 Å². The van der Waals surface area contributed by atoms with E-state index in [2.05, 4.69) is 5.32 Å². The molecule has 1 aliphatic carbocycles. The van der Waals surface area contributed by atoms with E-state index in [-0.39, 0.29) is 10.9 Å². The second kappa shape index (κ2) is 7.14. The van der Waals surface area contributed by atoms with E-state index in [1.165, 1.54) is 18.2 Å². The highest BCUT2D eigenvalue weighted by atomic mass is 35.5. The van der Waals surface area contributed by atoms with Crippen molar-refractivity contribution in [1.82, 2.24) is 5.32 Å². The Hall–Kier alpha value is -1.26. The molecule has 21 heavy (non-hydrogen) atoms. The standard InChI is InChI=1S/C15H17Cl2NO3/c16-11-7-6-10(8-12(11)17)14(19)18-13(15(20)21)9-4-2-1-3-5-9/h6-9,13H,1-5H2,(H,18,19)(H,20,21)/t13-/m1/s1. The zero-order valence-electron chi connectivity index (χ0n) is 11.4. The van der Waals surface area contributed by atoms with Crippen LogP contribution in [0, 0.1) is 5.92 Å². The molecule has 0 bridgehead atoms. The fraction of sp³-hybridized carbons (Fsp3) is 0.467. The Morgan fingerprint density at radius 1 is 1.14 bits per heavy atom. The van der Waals surface area contributed by atoms with Crippen molar-refractivity contribution in [2.75, 3.05) is 0 Å². The van der Waals surface area contributed by atoms with Crippen LogP contribution in [0.3, 0.4) is 0 Å². The maximum Gasteiger partial charge on any atom is 0.326 e. The van der Waals surface area contributed by atoms with Gasteiger partial charge in [0.2, 0.25) is 0 Å². The Morgan fingerprint density at radius 3 is 2.38 bits per heavy atom. The molecule has 6 heteroatoms. The van der Waals surface area contributed by atoms with Gasteiger partial charge in [-0.25, -0.2) is 4.79 Å². The van der Waals surface area contributed by atoms with Crippen LogP contribution in [0.2, 0.25) is 10.0 Å². The lowest BCUT2D eigenvalue weighted by Crippen LogP contribution is -2.46. The largest absolute Gasteiger partial charge is 0.480 e. The molecule has 1 fully saturated rings. The van der Waals surface area contributed by atoms with Crippen molar-refractivity contribution in [2.45, 2.75) is 38.1 Å². The number of aliphatic carboxylic acids is 1. The quantitative estimate of drug-likeness (QED) is 0.883. The van der Waals surface area contributed by atoms with Gasteiger partial charge in [-0.05, 0) is 37.0 Å². The molecule has 0 saturated heterocycles. The first kappa shape index (κ1) is 16.1. The second-order valence-corrected chi connectivity index (χ2v) is 6.13. The van der Waals surface area contributed by atoms with E-state index in [9.17, 15) is 14.7 Å². The predicted molar refractivity (Wildman–Crippen MR) is 81.9 cm³/mol. The highest BCUT2D eigenvalue weighted by molar-refractivity contribution is 6.42. The summed E-state index contributed by atoms with van der Waals surface area (Å²) in [4.78, 5) is 23.6. The number of nitrogens with one attached hydrogen (secondary N) is 1.